The van der Waals surface area contributed by atoms with Crippen LogP contribution in [0.1, 0.15) is 52.6 Å². The number of rotatable bonds is 4. The second-order valence-electron chi connectivity index (χ2n) is 11.6. The molecule has 2 heterocycles. The molecule has 0 fully saturated rings. The number of hydrogen-bond acceptors (Lipinski definition) is 4. The first-order valence-corrected chi connectivity index (χ1v) is 14.9. The van der Waals surface area contributed by atoms with Gasteiger partial charge in [0.2, 0.25) is 0 Å². The van der Waals surface area contributed by atoms with Crippen molar-refractivity contribution >= 4 is 78.9 Å². The van der Waals surface area contributed by atoms with Gasteiger partial charge in [0.1, 0.15) is 0 Å². The van der Waals surface area contributed by atoms with Gasteiger partial charge in [0.05, 0.1) is 0 Å². The van der Waals surface area contributed by atoms with Crippen molar-refractivity contribution in [3.8, 4) is 0 Å². The first-order valence-electron chi connectivity index (χ1n) is 14.9. The molecule has 2 aliphatic heterocycles. The highest BCUT2D eigenvalue weighted by Gasteiger charge is 2.35. The highest BCUT2D eigenvalue weighted by Crippen LogP contribution is 2.46. The molecule has 0 unspecified atom stereocenters. The maximum Gasteiger partial charge on any atom is 0.265 e. The number of imide groups is 2. The predicted octanol–water partition coefficient (Wildman–Crippen LogP) is 8.27. The number of carbonyl (C=O) groups is 4. The van der Waals surface area contributed by atoms with Crippen LogP contribution in [0.2, 0.25) is 0 Å². The Morgan fingerprint density at radius 2 is 0.652 bits per heavy atom. The lowest BCUT2D eigenvalue weighted by Gasteiger charge is -2.28. The minimum absolute atomic E-state index is 0.385. The molecule has 7 aromatic rings. The Labute approximate surface area is 262 Å². The van der Waals surface area contributed by atoms with E-state index in [1.165, 1.54) is 22.2 Å². The molecule has 6 heteroatoms. The molecule has 6 nitrogen and oxygen atoms in total. The van der Waals surface area contributed by atoms with Crippen LogP contribution in [0.4, 0.5) is 0 Å². The van der Waals surface area contributed by atoms with Crippen molar-refractivity contribution < 1.29 is 19.2 Å². The lowest BCUT2D eigenvalue weighted by molar-refractivity contribution is 0.0665. The summed E-state index contributed by atoms with van der Waals surface area (Å²) in [4.78, 5) is 57.3. The molecule has 0 aliphatic carbocycles. The van der Waals surface area contributed by atoms with Crippen LogP contribution >= 0.6 is 0 Å². The zero-order chi connectivity index (χ0) is 31.1. The number of fused-ring (bicyclic) bond motifs is 2. The standard InChI is InChI=1S/C40H22N2O4/c43-37-29-15-11-25-27-13-17-31-36-32(40(46)42(39(31)45)22-20-24-9-5-2-6-10-24)18-14-28(34(27)36)26-12-16-30(35(29)33(25)26)38(44)41(37)21-19-23-7-3-1-4-8-23/h1-22H/b21-19+,22-20+. The highest BCUT2D eigenvalue weighted by atomic mass is 16.2. The number of benzene rings is 7. The molecule has 0 bridgehead atoms. The Hall–Kier alpha value is -6.40. The van der Waals surface area contributed by atoms with Crippen molar-refractivity contribution in [2.24, 2.45) is 0 Å². The van der Waals surface area contributed by atoms with Crippen molar-refractivity contribution in [3.05, 3.63) is 155 Å². The molecule has 0 radical (unpaired) electrons. The topological polar surface area (TPSA) is 74.8 Å². The van der Waals surface area contributed by atoms with Crippen LogP contribution in [0.5, 0.6) is 0 Å². The minimum Gasteiger partial charge on any atom is -0.268 e. The summed E-state index contributed by atoms with van der Waals surface area (Å²) in [5, 5.41) is 6.30. The Morgan fingerprint density at radius 1 is 0.348 bits per heavy atom. The molecule has 0 N–H and O–H groups in total. The Bertz CT molecular complexity index is 2250. The van der Waals surface area contributed by atoms with Gasteiger partial charge in [-0.2, -0.15) is 0 Å². The van der Waals surface area contributed by atoms with Crippen LogP contribution in [0, 0.1) is 0 Å². The third kappa shape index (κ3) is 3.52. The van der Waals surface area contributed by atoms with E-state index < -0.39 is 0 Å². The van der Waals surface area contributed by atoms with Crippen LogP contribution in [0.15, 0.2) is 122 Å². The monoisotopic (exact) mass is 594 g/mol. The molecule has 0 spiro atoms. The maximum atomic E-state index is 13.8. The summed E-state index contributed by atoms with van der Waals surface area (Å²) in [6.07, 6.45) is 6.57. The molecular formula is C40H22N2O4. The van der Waals surface area contributed by atoms with Gasteiger partial charge in [-0.05, 0) is 79.9 Å². The summed E-state index contributed by atoms with van der Waals surface area (Å²) in [6.45, 7) is 0. The Balaban J connectivity index is 1.23. The number of amides is 4. The van der Waals surface area contributed by atoms with E-state index in [-0.39, 0.29) is 23.6 Å². The van der Waals surface area contributed by atoms with E-state index in [9.17, 15) is 19.2 Å². The third-order valence-corrected chi connectivity index (χ3v) is 9.13. The van der Waals surface area contributed by atoms with Gasteiger partial charge in [-0.25, -0.2) is 9.80 Å². The van der Waals surface area contributed by atoms with E-state index in [1.54, 1.807) is 36.4 Å². The molecule has 46 heavy (non-hydrogen) atoms. The van der Waals surface area contributed by atoms with E-state index in [4.69, 9.17) is 0 Å². The van der Waals surface area contributed by atoms with Crippen LogP contribution in [0.3, 0.4) is 0 Å². The fourth-order valence-corrected chi connectivity index (χ4v) is 7.03. The summed E-state index contributed by atoms with van der Waals surface area (Å²) in [6, 6.07) is 33.8. The van der Waals surface area contributed by atoms with Crippen molar-refractivity contribution in [1.82, 2.24) is 9.80 Å². The Kier molecular flexibility index (Phi) is 5.41. The molecule has 2 aliphatic rings. The molecule has 0 aromatic heterocycles. The van der Waals surface area contributed by atoms with Gasteiger partial charge >= 0.3 is 0 Å². The van der Waals surface area contributed by atoms with E-state index in [0.29, 0.717) is 33.0 Å². The first-order chi connectivity index (χ1) is 22.5. The van der Waals surface area contributed by atoms with Crippen molar-refractivity contribution in [3.63, 3.8) is 0 Å². The first kappa shape index (κ1) is 26.0. The maximum absolute atomic E-state index is 13.8. The molecule has 9 rings (SSSR count). The van der Waals surface area contributed by atoms with E-state index in [2.05, 4.69) is 0 Å². The third-order valence-electron chi connectivity index (χ3n) is 9.13. The molecule has 216 valence electrons. The predicted molar refractivity (Wildman–Crippen MR) is 180 cm³/mol. The molecular weight excluding hydrogens is 572 g/mol. The van der Waals surface area contributed by atoms with Gasteiger partial charge < -0.3 is 0 Å². The fraction of sp³-hybridized carbons (Fsp3) is 0. The van der Waals surface area contributed by atoms with Gasteiger partial charge in [0.15, 0.2) is 0 Å². The average Bonchev–Trinajstić information content (AvgIpc) is 3.09. The normalized spacial score (nSPS) is 14.9. The summed E-state index contributed by atoms with van der Waals surface area (Å²) < 4.78 is 0. The summed E-state index contributed by atoms with van der Waals surface area (Å²) in [7, 11) is 0. The SMILES string of the molecule is O=C1c2ccc3c4ccc5c6c(ccc(c7ccc(c2c37)C(=O)N1/C=C/c1ccccc1)c64)C(=O)N(/C=C/c1ccccc1)C5=O. The number of carbonyl (C=O) groups excluding carboxylic acids is 4. The summed E-state index contributed by atoms with van der Waals surface area (Å²) in [5.74, 6) is -1.54. The van der Waals surface area contributed by atoms with E-state index in [1.807, 2.05) is 84.9 Å². The largest absolute Gasteiger partial charge is 0.268 e. The molecule has 0 atom stereocenters. The van der Waals surface area contributed by atoms with Crippen molar-refractivity contribution in [2.45, 2.75) is 0 Å². The minimum atomic E-state index is -0.385. The number of nitrogens with zero attached hydrogens (tertiary/aromatic N) is 2. The van der Waals surface area contributed by atoms with Gasteiger partial charge in [0.25, 0.3) is 23.6 Å². The zero-order valence-electron chi connectivity index (χ0n) is 24.2. The molecule has 4 amide bonds. The lowest BCUT2D eigenvalue weighted by atomic mass is 9.82. The quantitative estimate of drug-likeness (QED) is 0.117. The molecule has 0 saturated carbocycles. The summed E-state index contributed by atoms with van der Waals surface area (Å²) >= 11 is 0. The molecule has 0 saturated heterocycles. The second kappa shape index (κ2) is 9.55. The van der Waals surface area contributed by atoms with Gasteiger partial charge in [-0.3, -0.25) is 19.2 Å². The van der Waals surface area contributed by atoms with Crippen LogP contribution < -0.4 is 0 Å². The molecule has 7 aromatic carbocycles. The lowest BCUT2D eigenvalue weighted by Crippen LogP contribution is -2.36. The van der Waals surface area contributed by atoms with Crippen LogP contribution in [-0.4, -0.2) is 33.4 Å². The van der Waals surface area contributed by atoms with Crippen LogP contribution in [0.25, 0.3) is 55.2 Å². The Morgan fingerprint density at radius 3 is 0.957 bits per heavy atom. The van der Waals surface area contributed by atoms with E-state index in [0.717, 1.165) is 43.4 Å². The fourth-order valence-electron chi connectivity index (χ4n) is 7.03. The smallest absolute Gasteiger partial charge is 0.265 e. The van der Waals surface area contributed by atoms with Crippen molar-refractivity contribution in [2.75, 3.05) is 0 Å². The van der Waals surface area contributed by atoms with E-state index >= 15 is 0 Å². The van der Waals surface area contributed by atoms with Gasteiger partial charge in [-0.15, -0.1) is 0 Å². The van der Waals surface area contributed by atoms with Crippen LogP contribution in [-0.2, 0) is 0 Å². The highest BCUT2D eigenvalue weighted by molar-refractivity contribution is 6.41. The van der Waals surface area contributed by atoms with Crippen molar-refractivity contribution in [1.29, 1.82) is 0 Å². The average molecular weight is 595 g/mol. The number of hydrogen-bond donors (Lipinski definition) is 0. The van der Waals surface area contributed by atoms with Gasteiger partial charge in [0, 0.05) is 45.4 Å². The second-order valence-corrected chi connectivity index (χ2v) is 11.6. The van der Waals surface area contributed by atoms with Gasteiger partial charge in [-0.1, -0.05) is 84.9 Å². The summed E-state index contributed by atoms with van der Waals surface area (Å²) in [5.41, 5.74) is 3.56. The zero-order valence-corrected chi connectivity index (χ0v) is 24.2.